The van der Waals surface area contributed by atoms with Gasteiger partial charge in [-0.3, -0.25) is 0 Å². The number of rotatable bonds is 4. The zero-order valence-electron chi connectivity index (χ0n) is 8.89. The first kappa shape index (κ1) is 11.9. The predicted octanol–water partition coefficient (Wildman–Crippen LogP) is 2.63. The molecule has 0 aliphatic carbocycles. The number of hydrogen-bond donors (Lipinski definition) is 0. The SMILES string of the molecule is [CH2]C(OCC(C)C)OC(C)(C)C. The summed E-state index contributed by atoms with van der Waals surface area (Å²) in [5.74, 6) is 0.526. The highest BCUT2D eigenvalue weighted by Gasteiger charge is 2.15. The van der Waals surface area contributed by atoms with E-state index in [2.05, 4.69) is 20.8 Å². The average molecular weight is 173 g/mol. The van der Waals surface area contributed by atoms with Gasteiger partial charge in [-0.15, -0.1) is 0 Å². The smallest absolute Gasteiger partial charge is 0.158 e. The van der Waals surface area contributed by atoms with Gasteiger partial charge in [-0.05, 0) is 26.7 Å². The number of hydrogen-bond acceptors (Lipinski definition) is 2. The molecule has 0 saturated carbocycles. The highest BCUT2D eigenvalue weighted by Crippen LogP contribution is 2.11. The Morgan fingerprint density at radius 1 is 1.25 bits per heavy atom. The van der Waals surface area contributed by atoms with Crippen molar-refractivity contribution in [2.24, 2.45) is 5.92 Å². The molecule has 0 aliphatic rings. The van der Waals surface area contributed by atoms with Crippen LogP contribution in [0, 0.1) is 12.8 Å². The van der Waals surface area contributed by atoms with Crippen molar-refractivity contribution in [2.75, 3.05) is 6.61 Å². The van der Waals surface area contributed by atoms with Gasteiger partial charge in [-0.1, -0.05) is 13.8 Å². The molecule has 12 heavy (non-hydrogen) atoms. The highest BCUT2D eigenvalue weighted by molar-refractivity contribution is 4.62. The molecule has 2 nitrogen and oxygen atoms in total. The zero-order chi connectivity index (χ0) is 9.78. The van der Waals surface area contributed by atoms with Crippen LogP contribution in [0.15, 0.2) is 0 Å². The Hall–Kier alpha value is -0.0800. The summed E-state index contributed by atoms with van der Waals surface area (Å²) >= 11 is 0. The van der Waals surface area contributed by atoms with Crippen molar-refractivity contribution in [1.82, 2.24) is 0 Å². The highest BCUT2D eigenvalue weighted by atomic mass is 16.7. The van der Waals surface area contributed by atoms with E-state index in [0.717, 1.165) is 0 Å². The predicted molar refractivity (Wildman–Crippen MR) is 50.8 cm³/mol. The van der Waals surface area contributed by atoms with Gasteiger partial charge >= 0.3 is 0 Å². The molecule has 0 aliphatic heterocycles. The van der Waals surface area contributed by atoms with Crippen molar-refractivity contribution >= 4 is 0 Å². The molecule has 0 N–H and O–H groups in total. The van der Waals surface area contributed by atoms with E-state index >= 15 is 0 Å². The van der Waals surface area contributed by atoms with Gasteiger partial charge in [-0.2, -0.15) is 0 Å². The van der Waals surface area contributed by atoms with Crippen LogP contribution in [0.25, 0.3) is 0 Å². The van der Waals surface area contributed by atoms with Gasteiger partial charge in [0.05, 0.1) is 12.2 Å². The van der Waals surface area contributed by atoms with E-state index in [1.807, 2.05) is 20.8 Å². The standard InChI is InChI=1S/C10H21O2/c1-8(2)7-11-9(3)12-10(4,5)6/h8-9H,3,7H2,1-2,4-6H3. The molecule has 0 aromatic rings. The molecule has 1 atom stereocenters. The van der Waals surface area contributed by atoms with Crippen molar-refractivity contribution in [2.45, 2.75) is 46.5 Å². The molecular weight excluding hydrogens is 152 g/mol. The molecule has 0 saturated heterocycles. The summed E-state index contributed by atoms with van der Waals surface area (Å²) in [7, 11) is 0. The van der Waals surface area contributed by atoms with Gasteiger partial charge in [0.1, 0.15) is 0 Å². The number of ether oxygens (including phenoxy) is 2. The first-order valence-corrected chi connectivity index (χ1v) is 4.44. The fourth-order valence-electron chi connectivity index (χ4n) is 0.728. The summed E-state index contributed by atoms with van der Waals surface area (Å²) in [6.45, 7) is 14.6. The second-order valence-corrected chi connectivity index (χ2v) is 4.39. The van der Waals surface area contributed by atoms with Crippen molar-refractivity contribution in [3.05, 3.63) is 6.92 Å². The molecule has 0 amide bonds. The topological polar surface area (TPSA) is 18.5 Å². The summed E-state index contributed by atoms with van der Waals surface area (Å²) in [4.78, 5) is 0. The van der Waals surface area contributed by atoms with Crippen molar-refractivity contribution in [3.8, 4) is 0 Å². The molecule has 73 valence electrons. The Kier molecular flexibility index (Phi) is 4.80. The van der Waals surface area contributed by atoms with Gasteiger partial charge in [-0.25, -0.2) is 0 Å². The minimum Gasteiger partial charge on any atom is -0.352 e. The van der Waals surface area contributed by atoms with Crippen molar-refractivity contribution in [3.63, 3.8) is 0 Å². The van der Waals surface area contributed by atoms with Crippen LogP contribution in [0.4, 0.5) is 0 Å². The van der Waals surface area contributed by atoms with Gasteiger partial charge in [0, 0.05) is 6.92 Å². The largest absolute Gasteiger partial charge is 0.352 e. The van der Waals surface area contributed by atoms with Gasteiger partial charge in [0.2, 0.25) is 0 Å². The zero-order valence-corrected chi connectivity index (χ0v) is 8.89. The third-order valence-electron chi connectivity index (χ3n) is 1.10. The first-order valence-electron chi connectivity index (χ1n) is 4.44. The Bertz CT molecular complexity index is 113. The Labute approximate surface area is 76.3 Å². The average Bonchev–Trinajstić information content (AvgIpc) is 1.79. The Morgan fingerprint density at radius 2 is 1.75 bits per heavy atom. The molecule has 0 heterocycles. The molecule has 0 aromatic heterocycles. The quantitative estimate of drug-likeness (QED) is 0.608. The Morgan fingerprint density at radius 3 is 2.08 bits per heavy atom. The lowest BCUT2D eigenvalue weighted by Crippen LogP contribution is -2.28. The van der Waals surface area contributed by atoms with Crippen LogP contribution >= 0.6 is 0 Å². The van der Waals surface area contributed by atoms with E-state index in [1.165, 1.54) is 0 Å². The van der Waals surface area contributed by atoms with Gasteiger partial charge < -0.3 is 9.47 Å². The van der Waals surface area contributed by atoms with Crippen LogP contribution in [0.5, 0.6) is 0 Å². The second-order valence-electron chi connectivity index (χ2n) is 4.39. The van der Waals surface area contributed by atoms with Gasteiger partial charge in [0.15, 0.2) is 6.29 Å². The van der Waals surface area contributed by atoms with Crippen LogP contribution in [0.2, 0.25) is 0 Å². The molecule has 0 fully saturated rings. The van der Waals surface area contributed by atoms with E-state index in [4.69, 9.17) is 9.47 Å². The maximum Gasteiger partial charge on any atom is 0.158 e. The Balaban J connectivity index is 3.53. The van der Waals surface area contributed by atoms with E-state index in [-0.39, 0.29) is 11.9 Å². The lowest BCUT2D eigenvalue weighted by molar-refractivity contribution is -0.174. The summed E-state index contributed by atoms with van der Waals surface area (Å²) in [6.07, 6.45) is -0.354. The third kappa shape index (κ3) is 8.02. The maximum atomic E-state index is 5.45. The van der Waals surface area contributed by atoms with Crippen LogP contribution in [-0.2, 0) is 9.47 Å². The molecule has 1 radical (unpaired) electrons. The molecule has 2 heteroatoms. The van der Waals surface area contributed by atoms with Crippen LogP contribution < -0.4 is 0 Å². The molecule has 0 rings (SSSR count). The van der Waals surface area contributed by atoms with E-state index in [0.29, 0.717) is 12.5 Å². The third-order valence-corrected chi connectivity index (χ3v) is 1.10. The molecule has 0 aromatic carbocycles. The minimum absolute atomic E-state index is 0.177. The van der Waals surface area contributed by atoms with Gasteiger partial charge in [0.25, 0.3) is 0 Å². The fraction of sp³-hybridized carbons (Fsp3) is 0.900. The molecule has 1 unspecified atom stereocenters. The summed E-state index contributed by atoms with van der Waals surface area (Å²) in [5.41, 5.74) is -0.177. The molecule has 0 spiro atoms. The van der Waals surface area contributed by atoms with E-state index in [9.17, 15) is 0 Å². The lowest BCUT2D eigenvalue weighted by atomic mass is 10.2. The van der Waals surface area contributed by atoms with Crippen molar-refractivity contribution in [1.29, 1.82) is 0 Å². The van der Waals surface area contributed by atoms with Crippen LogP contribution in [0.3, 0.4) is 0 Å². The van der Waals surface area contributed by atoms with Crippen LogP contribution in [-0.4, -0.2) is 18.5 Å². The summed E-state index contributed by atoms with van der Waals surface area (Å²) < 4.78 is 10.8. The maximum absolute atomic E-state index is 5.45. The van der Waals surface area contributed by atoms with E-state index in [1.54, 1.807) is 0 Å². The summed E-state index contributed by atoms with van der Waals surface area (Å²) in [5, 5.41) is 0. The molecule has 0 bridgehead atoms. The second kappa shape index (κ2) is 4.83. The first-order chi connectivity index (χ1) is 5.31. The van der Waals surface area contributed by atoms with E-state index < -0.39 is 0 Å². The summed E-state index contributed by atoms with van der Waals surface area (Å²) in [6, 6.07) is 0. The molecular formula is C10H21O2. The minimum atomic E-state index is -0.354. The normalized spacial score (nSPS) is 15.2. The monoisotopic (exact) mass is 173 g/mol. The van der Waals surface area contributed by atoms with Crippen LogP contribution in [0.1, 0.15) is 34.6 Å². The lowest BCUT2D eigenvalue weighted by Gasteiger charge is -2.25. The van der Waals surface area contributed by atoms with Crippen molar-refractivity contribution < 1.29 is 9.47 Å². The fourth-order valence-corrected chi connectivity index (χ4v) is 0.728.